The third kappa shape index (κ3) is 4.76. The normalized spacial score (nSPS) is 14.4. The van der Waals surface area contributed by atoms with Gasteiger partial charge in [-0.1, -0.05) is 0 Å². The van der Waals surface area contributed by atoms with Gasteiger partial charge in [0.15, 0.2) is 0 Å². The molecule has 0 nitrogen and oxygen atoms in total. The molecule has 0 aromatic heterocycles. The Balaban J connectivity index is 1.16. The van der Waals surface area contributed by atoms with E-state index < -0.39 is 39.9 Å². The molecule has 10 aromatic carbocycles. The Bertz CT molecular complexity index is 3280. The van der Waals surface area contributed by atoms with Crippen LogP contribution in [0.1, 0.15) is 12.8 Å². The van der Waals surface area contributed by atoms with E-state index in [9.17, 15) is 0 Å². The summed E-state index contributed by atoms with van der Waals surface area (Å²) in [7, 11) is 0. The first-order valence-electron chi connectivity index (χ1n) is 20.0. The minimum atomic E-state index is -5.18. The van der Waals surface area contributed by atoms with Crippen molar-refractivity contribution < 1.29 is 34.2 Å². The van der Waals surface area contributed by atoms with Crippen LogP contribution in [0.25, 0.3) is 86.9 Å². The number of halogens is 4. The summed E-state index contributed by atoms with van der Waals surface area (Å²) in [6.45, 7) is 0. The van der Waals surface area contributed by atoms with E-state index >= 15 is 17.6 Å². The van der Waals surface area contributed by atoms with E-state index in [1.807, 2.05) is 97.1 Å². The summed E-state index contributed by atoms with van der Waals surface area (Å²) in [5.74, 6) is -3.13. The van der Waals surface area contributed by atoms with Crippen molar-refractivity contribution in [2.45, 2.75) is 12.8 Å². The summed E-state index contributed by atoms with van der Waals surface area (Å²) < 4.78 is 72.1. The van der Waals surface area contributed by atoms with E-state index in [1.165, 1.54) is 24.3 Å². The molecule has 12 rings (SSSR count). The Kier molecular flexibility index (Phi) is 7.55. The van der Waals surface area contributed by atoms with Crippen LogP contribution in [0.3, 0.4) is 0 Å². The molecule has 0 heterocycles. The van der Waals surface area contributed by atoms with Crippen molar-refractivity contribution in [3.05, 3.63) is 201 Å². The predicted octanol–water partition coefficient (Wildman–Crippen LogP) is 14.2. The van der Waals surface area contributed by atoms with Crippen LogP contribution in [-0.2, 0) is 16.6 Å². The maximum atomic E-state index is 18.3. The quantitative estimate of drug-likeness (QED) is 0.0892. The van der Waals surface area contributed by atoms with Gasteiger partial charge < -0.3 is 0 Å². The van der Waals surface area contributed by atoms with Gasteiger partial charge in [-0.3, -0.25) is 0 Å². The molecule has 0 saturated heterocycles. The van der Waals surface area contributed by atoms with Crippen molar-refractivity contribution in [1.82, 2.24) is 0 Å². The number of hydrogen-bond donors (Lipinski definition) is 0. The second-order valence-corrected chi connectivity index (χ2v) is 21.8. The molecular weight excluding hydrogens is 772 g/mol. The molecule has 0 aliphatic heterocycles. The Hall–Kier alpha value is -6.33. The first-order chi connectivity index (χ1) is 28.9. The minimum absolute atomic E-state index is 0.205. The van der Waals surface area contributed by atoms with Crippen molar-refractivity contribution >= 4 is 72.4 Å². The van der Waals surface area contributed by atoms with Gasteiger partial charge in [0.25, 0.3) is 0 Å². The zero-order valence-electron chi connectivity index (χ0n) is 31.6. The number of benzene rings is 10. The average molecular weight is 805 g/mol. The Morgan fingerprint density at radius 2 is 0.712 bits per heavy atom. The summed E-state index contributed by atoms with van der Waals surface area (Å²) in [5.41, 5.74) is 1.62. The third-order valence-electron chi connectivity index (χ3n) is 13.1. The molecular formula is C54H32F4Ti. The topological polar surface area (TPSA) is 0 Å². The van der Waals surface area contributed by atoms with Crippen LogP contribution in [0.15, 0.2) is 178 Å². The molecule has 59 heavy (non-hydrogen) atoms. The number of hydrogen-bond acceptors (Lipinski definition) is 0. The van der Waals surface area contributed by atoms with Gasteiger partial charge in [0, 0.05) is 0 Å². The van der Waals surface area contributed by atoms with Gasteiger partial charge in [-0.25, -0.2) is 0 Å². The Morgan fingerprint density at radius 1 is 0.356 bits per heavy atom. The van der Waals surface area contributed by atoms with Crippen LogP contribution >= 0.6 is 0 Å². The van der Waals surface area contributed by atoms with Crippen molar-refractivity contribution in [2.75, 3.05) is 0 Å². The van der Waals surface area contributed by atoms with Crippen LogP contribution in [0.5, 0.6) is 0 Å². The predicted molar refractivity (Wildman–Crippen MR) is 234 cm³/mol. The molecule has 2 aliphatic carbocycles. The van der Waals surface area contributed by atoms with Gasteiger partial charge >= 0.3 is 343 Å². The summed E-state index contributed by atoms with van der Waals surface area (Å²) in [6, 6.07) is 42.0. The Labute approximate surface area is 340 Å². The molecule has 0 spiro atoms. The maximum absolute atomic E-state index is 18.3. The van der Waals surface area contributed by atoms with Crippen LogP contribution < -0.4 is 7.74 Å². The van der Waals surface area contributed by atoms with Crippen molar-refractivity contribution in [3.63, 3.8) is 0 Å². The molecule has 0 radical (unpaired) electrons. The molecule has 0 N–H and O–H groups in total. The molecule has 0 amide bonds. The zero-order valence-corrected chi connectivity index (χ0v) is 33.2. The molecule has 280 valence electrons. The summed E-state index contributed by atoms with van der Waals surface area (Å²) in [6.07, 6.45) is 11.9. The van der Waals surface area contributed by atoms with Crippen LogP contribution in [0, 0.1) is 23.3 Å². The van der Waals surface area contributed by atoms with Gasteiger partial charge in [0.1, 0.15) is 0 Å². The van der Waals surface area contributed by atoms with E-state index in [0.29, 0.717) is 31.7 Å². The standard InChI is InChI=1S/2C22H11F2.2C5H5.Ti/c2*23-16-8-11-18(20(24)12-16)17-9-6-15-5-4-13-2-1-3-14-7-10-19(17)22(15)21(13)14;2*1-2-4-5-3-1;/h2*1-11H;2*1-3H,4H2;. The van der Waals surface area contributed by atoms with E-state index in [2.05, 4.69) is 48.5 Å². The van der Waals surface area contributed by atoms with Crippen molar-refractivity contribution in [2.24, 2.45) is 0 Å². The molecule has 0 saturated carbocycles. The fraction of sp³-hybridized carbons (Fsp3) is 0.0370. The fourth-order valence-electron chi connectivity index (χ4n) is 10.6. The fourth-order valence-corrected chi connectivity index (χ4v) is 18.8. The van der Waals surface area contributed by atoms with Crippen molar-refractivity contribution in [3.8, 4) is 22.3 Å². The van der Waals surface area contributed by atoms with E-state index in [1.54, 1.807) is 0 Å². The van der Waals surface area contributed by atoms with Crippen LogP contribution in [-0.4, -0.2) is 0 Å². The zero-order chi connectivity index (χ0) is 39.6. The van der Waals surface area contributed by atoms with Gasteiger partial charge in [-0.2, -0.15) is 0 Å². The SMILES string of the molecule is Fc1ccc(-c2ccc3ccc4cccc5ccc2c3c45)c(F)[c]1[Ti]([C]1=CC=CC1)([C]1=CC=CC1)[c]1c(F)ccc(-c2ccc3ccc4cccc5ccc2c3c45)c1F. The number of allylic oxidation sites excluding steroid dienone is 8. The third-order valence-corrected chi connectivity index (χ3v) is 21.0. The molecule has 2 aliphatic rings. The van der Waals surface area contributed by atoms with Gasteiger partial charge in [0.2, 0.25) is 0 Å². The van der Waals surface area contributed by atoms with E-state index in [0.717, 1.165) is 64.6 Å². The molecule has 5 heteroatoms. The number of rotatable bonds is 6. The van der Waals surface area contributed by atoms with Gasteiger partial charge in [-0.05, 0) is 0 Å². The summed E-state index contributed by atoms with van der Waals surface area (Å²) >= 11 is -5.18. The van der Waals surface area contributed by atoms with E-state index in [4.69, 9.17) is 0 Å². The van der Waals surface area contributed by atoms with Crippen molar-refractivity contribution in [1.29, 1.82) is 0 Å². The van der Waals surface area contributed by atoms with Gasteiger partial charge in [0.05, 0.1) is 0 Å². The first kappa shape index (κ1) is 34.7. The van der Waals surface area contributed by atoms with Crippen LogP contribution in [0.4, 0.5) is 17.6 Å². The molecule has 0 bridgehead atoms. The molecule has 10 aromatic rings. The second kappa shape index (κ2) is 12.8. The monoisotopic (exact) mass is 804 g/mol. The average Bonchev–Trinajstić information content (AvgIpc) is 4.01. The van der Waals surface area contributed by atoms with Gasteiger partial charge in [-0.15, -0.1) is 0 Å². The van der Waals surface area contributed by atoms with E-state index in [-0.39, 0.29) is 18.9 Å². The summed E-state index contributed by atoms with van der Waals surface area (Å²) in [5, 5.41) is 12.1. The second-order valence-electron chi connectivity index (χ2n) is 15.9. The molecule has 0 fully saturated rings. The van der Waals surface area contributed by atoms with Crippen LogP contribution in [0.2, 0.25) is 0 Å². The molecule has 0 atom stereocenters. The first-order valence-corrected chi connectivity index (χ1v) is 23.1. The summed E-state index contributed by atoms with van der Waals surface area (Å²) in [4.78, 5) is 0. The Morgan fingerprint density at radius 3 is 1.10 bits per heavy atom. The molecule has 0 unspecified atom stereocenters.